The average Bonchev–Trinajstić information content (AvgIpc) is 3.31. The van der Waals surface area contributed by atoms with Crippen molar-refractivity contribution in [2.24, 2.45) is 0 Å². The molecule has 0 radical (unpaired) electrons. The standard InChI is InChI=1S/C26H24Cl2F3N7O3/c1-12-6-19-16(10-36(12)23(40)14-4-5-17(27)18(28)7-14)21-24(41)37(11-20(22(39)32-3)38(21)35-19)13(2)15-8-33-25(34-9-15)26(29,30)31/h4-5,7-9,12-13,20H,6,10-11H2,1-3H3,(H,32,39)/t12-,13-,20+/m1/s1. The van der Waals surface area contributed by atoms with Crippen LogP contribution in [-0.4, -0.2) is 66.9 Å². The monoisotopic (exact) mass is 609 g/mol. The van der Waals surface area contributed by atoms with E-state index >= 15 is 0 Å². The first-order valence-corrected chi connectivity index (χ1v) is 13.3. The quantitative estimate of drug-likeness (QED) is 0.477. The molecule has 216 valence electrons. The van der Waals surface area contributed by atoms with Crippen molar-refractivity contribution in [3.8, 4) is 0 Å². The Balaban J connectivity index is 1.52. The molecule has 0 spiro atoms. The van der Waals surface area contributed by atoms with Gasteiger partial charge in [-0.3, -0.25) is 14.4 Å². The van der Waals surface area contributed by atoms with Crippen LogP contribution in [0.15, 0.2) is 30.6 Å². The second kappa shape index (κ2) is 10.6. The fraction of sp³-hybridized carbons (Fsp3) is 0.385. The molecule has 0 fully saturated rings. The number of nitrogens with one attached hydrogen (secondary N) is 1. The number of hydrogen-bond donors (Lipinski definition) is 1. The molecule has 1 aromatic carbocycles. The Bertz CT molecular complexity index is 1540. The molecule has 3 atom stereocenters. The normalized spacial score (nSPS) is 19.5. The molecule has 2 aromatic heterocycles. The van der Waals surface area contributed by atoms with E-state index in [-0.39, 0.29) is 41.3 Å². The van der Waals surface area contributed by atoms with Gasteiger partial charge in [-0.05, 0) is 32.0 Å². The molecule has 0 saturated carbocycles. The van der Waals surface area contributed by atoms with Gasteiger partial charge in [0.15, 0.2) is 0 Å². The number of nitrogens with zero attached hydrogens (tertiary/aromatic N) is 6. The second-order valence-electron chi connectivity index (χ2n) is 9.93. The first-order valence-electron chi connectivity index (χ1n) is 12.6. The third-order valence-electron chi connectivity index (χ3n) is 7.42. The largest absolute Gasteiger partial charge is 0.451 e. The minimum absolute atomic E-state index is 0.0444. The Labute approximate surface area is 242 Å². The Morgan fingerprint density at radius 1 is 1.15 bits per heavy atom. The third-order valence-corrected chi connectivity index (χ3v) is 8.16. The number of hydrogen-bond acceptors (Lipinski definition) is 6. The van der Waals surface area contributed by atoms with Crippen LogP contribution >= 0.6 is 23.2 Å². The topological polar surface area (TPSA) is 113 Å². The highest BCUT2D eigenvalue weighted by atomic mass is 35.5. The zero-order chi connectivity index (χ0) is 29.8. The molecular weight excluding hydrogens is 586 g/mol. The Kier molecular flexibility index (Phi) is 7.45. The van der Waals surface area contributed by atoms with E-state index in [4.69, 9.17) is 23.2 Å². The molecule has 0 saturated heterocycles. The molecule has 0 bridgehead atoms. The van der Waals surface area contributed by atoms with E-state index in [2.05, 4.69) is 20.4 Å². The second-order valence-corrected chi connectivity index (χ2v) is 10.7. The predicted octanol–water partition coefficient (Wildman–Crippen LogP) is 4.09. The number of carbonyl (C=O) groups is 3. The van der Waals surface area contributed by atoms with E-state index in [0.717, 1.165) is 12.4 Å². The minimum atomic E-state index is -4.71. The fourth-order valence-corrected chi connectivity index (χ4v) is 5.44. The van der Waals surface area contributed by atoms with E-state index in [1.54, 1.807) is 17.9 Å². The van der Waals surface area contributed by atoms with Crippen molar-refractivity contribution in [1.82, 2.24) is 34.9 Å². The molecule has 1 N–H and O–H groups in total. The van der Waals surface area contributed by atoms with Crippen LogP contribution < -0.4 is 5.32 Å². The maximum absolute atomic E-state index is 13.9. The average molecular weight is 610 g/mol. The van der Waals surface area contributed by atoms with E-state index < -0.39 is 35.9 Å². The lowest BCUT2D eigenvalue weighted by Crippen LogP contribution is -2.49. The first kappa shape index (κ1) is 28.8. The van der Waals surface area contributed by atoms with Crippen LogP contribution in [0.3, 0.4) is 0 Å². The highest BCUT2D eigenvalue weighted by Crippen LogP contribution is 2.36. The van der Waals surface area contributed by atoms with Gasteiger partial charge in [0.05, 0.1) is 34.9 Å². The van der Waals surface area contributed by atoms with E-state index in [1.807, 2.05) is 6.92 Å². The molecule has 2 aliphatic rings. The van der Waals surface area contributed by atoms with E-state index in [0.29, 0.717) is 28.3 Å². The van der Waals surface area contributed by atoms with Crippen molar-refractivity contribution in [3.05, 3.63) is 74.5 Å². The molecule has 3 amide bonds. The number of amides is 3. The lowest BCUT2D eigenvalue weighted by atomic mass is 9.96. The number of alkyl halides is 3. The number of carbonyl (C=O) groups excluding carboxylic acids is 3. The number of rotatable bonds is 4. The van der Waals surface area contributed by atoms with Crippen molar-refractivity contribution in [2.45, 2.75) is 51.1 Å². The summed E-state index contributed by atoms with van der Waals surface area (Å²) in [5.74, 6) is -2.51. The van der Waals surface area contributed by atoms with E-state index in [1.165, 1.54) is 28.8 Å². The van der Waals surface area contributed by atoms with Crippen molar-refractivity contribution >= 4 is 40.9 Å². The van der Waals surface area contributed by atoms with Gasteiger partial charge in [0.1, 0.15) is 11.7 Å². The lowest BCUT2D eigenvalue weighted by Gasteiger charge is -2.37. The third kappa shape index (κ3) is 5.12. The van der Waals surface area contributed by atoms with Crippen LogP contribution in [0.2, 0.25) is 10.0 Å². The summed E-state index contributed by atoms with van der Waals surface area (Å²) < 4.78 is 40.3. The van der Waals surface area contributed by atoms with Crippen LogP contribution in [0.4, 0.5) is 13.2 Å². The summed E-state index contributed by atoms with van der Waals surface area (Å²) in [6.45, 7) is 3.43. The predicted molar refractivity (Wildman–Crippen MR) is 141 cm³/mol. The van der Waals surface area contributed by atoms with E-state index in [9.17, 15) is 27.6 Å². The van der Waals surface area contributed by atoms with Crippen LogP contribution in [0, 0.1) is 0 Å². The zero-order valence-electron chi connectivity index (χ0n) is 22.0. The molecular formula is C26H24Cl2F3N7O3. The molecule has 41 heavy (non-hydrogen) atoms. The Morgan fingerprint density at radius 3 is 2.44 bits per heavy atom. The minimum Gasteiger partial charge on any atom is -0.357 e. The maximum atomic E-state index is 13.9. The molecule has 2 aliphatic heterocycles. The lowest BCUT2D eigenvalue weighted by molar-refractivity contribution is -0.145. The molecule has 5 rings (SSSR count). The summed E-state index contributed by atoms with van der Waals surface area (Å²) in [4.78, 5) is 50.1. The molecule has 10 nitrogen and oxygen atoms in total. The summed E-state index contributed by atoms with van der Waals surface area (Å²) in [6.07, 6.45) is -2.35. The van der Waals surface area contributed by atoms with Crippen LogP contribution in [0.1, 0.15) is 69.4 Å². The van der Waals surface area contributed by atoms with Crippen LogP contribution in [0.25, 0.3) is 0 Å². The summed E-state index contributed by atoms with van der Waals surface area (Å²) in [7, 11) is 1.46. The number of fused-ring (bicyclic) bond motifs is 3. The van der Waals surface area contributed by atoms with Gasteiger partial charge < -0.3 is 15.1 Å². The highest BCUT2D eigenvalue weighted by molar-refractivity contribution is 6.42. The summed E-state index contributed by atoms with van der Waals surface area (Å²) in [5.41, 5.74) is 1.80. The first-order chi connectivity index (χ1) is 19.3. The van der Waals surface area contributed by atoms with Gasteiger partial charge in [0, 0.05) is 48.6 Å². The smallest absolute Gasteiger partial charge is 0.357 e. The SMILES string of the molecule is CNC(=O)[C@@H]1CN([C@H](C)c2cnc(C(F)(F)F)nc2)C(=O)c2c3c(nn21)C[C@@H](C)N(C(=O)c1ccc(Cl)c(Cl)c1)C3. The van der Waals surface area contributed by atoms with Gasteiger partial charge in [0.25, 0.3) is 11.8 Å². The zero-order valence-corrected chi connectivity index (χ0v) is 23.5. The van der Waals surface area contributed by atoms with Crippen LogP contribution in [0.5, 0.6) is 0 Å². The van der Waals surface area contributed by atoms with Gasteiger partial charge in [-0.2, -0.15) is 18.3 Å². The van der Waals surface area contributed by atoms with Crippen molar-refractivity contribution in [2.75, 3.05) is 13.6 Å². The molecule has 0 aliphatic carbocycles. The van der Waals surface area contributed by atoms with Gasteiger partial charge in [-0.1, -0.05) is 23.2 Å². The number of benzene rings is 1. The fourth-order valence-electron chi connectivity index (χ4n) is 5.14. The number of aromatic nitrogens is 4. The molecule has 3 aromatic rings. The Morgan fingerprint density at radius 2 is 1.83 bits per heavy atom. The van der Waals surface area contributed by atoms with Crippen LogP contribution in [-0.2, 0) is 23.9 Å². The number of halogens is 5. The molecule has 15 heteroatoms. The summed E-state index contributed by atoms with van der Waals surface area (Å²) in [6, 6.07) is 2.60. The highest BCUT2D eigenvalue weighted by Gasteiger charge is 2.44. The molecule has 0 unspecified atom stereocenters. The van der Waals surface area contributed by atoms with Gasteiger partial charge in [-0.15, -0.1) is 0 Å². The number of likely N-dealkylation sites (N-methyl/N-ethyl adjacent to an activating group) is 1. The van der Waals surface area contributed by atoms with Gasteiger partial charge in [0.2, 0.25) is 11.7 Å². The van der Waals surface area contributed by atoms with Gasteiger partial charge >= 0.3 is 6.18 Å². The molecule has 4 heterocycles. The van der Waals surface area contributed by atoms with Crippen molar-refractivity contribution in [3.63, 3.8) is 0 Å². The van der Waals surface area contributed by atoms with Crippen molar-refractivity contribution < 1.29 is 27.6 Å². The summed E-state index contributed by atoms with van der Waals surface area (Å²) >= 11 is 12.1. The van der Waals surface area contributed by atoms with Gasteiger partial charge in [-0.25, -0.2) is 14.6 Å². The van der Waals surface area contributed by atoms with Crippen molar-refractivity contribution in [1.29, 1.82) is 0 Å². The Hall–Kier alpha value is -3.71. The maximum Gasteiger partial charge on any atom is 0.451 e. The summed E-state index contributed by atoms with van der Waals surface area (Å²) in [5, 5.41) is 7.74.